The van der Waals surface area contributed by atoms with Crippen LogP contribution in [0.1, 0.15) is 33.3 Å². The second-order valence-corrected chi connectivity index (χ2v) is 8.26. The van der Waals surface area contributed by atoms with Gasteiger partial charge in [0.2, 0.25) is 0 Å². The van der Waals surface area contributed by atoms with Gasteiger partial charge in [-0.1, -0.05) is 54.1 Å². The van der Waals surface area contributed by atoms with Crippen LogP contribution in [0.4, 0.5) is 4.79 Å². The summed E-state index contributed by atoms with van der Waals surface area (Å²) >= 11 is 6.06. The molecule has 0 saturated carbocycles. The molecule has 6 heteroatoms. The summed E-state index contributed by atoms with van der Waals surface area (Å²) in [5.41, 5.74) is 2.49. The maximum Gasteiger partial charge on any atom is 0.408 e. The molecule has 0 fully saturated rings. The number of rotatable bonds is 6. The molecule has 29 heavy (non-hydrogen) atoms. The van der Waals surface area contributed by atoms with Crippen molar-refractivity contribution in [3.05, 3.63) is 70.8 Å². The molecule has 2 aromatic carbocycles. The Labute approximate surface area is 176 Å². The molecule has 0 aromatic heterocycles. The van der Waals surface area contributed by atoms with Crippen LogP contribution in [0.25, 0.3) is 11.1 Å². The van der Waals surface area contributed by atoms with Crippen molar-refractivity contribution in [2.75, 3.05) is 0 Å². The third-order valence-electron chi connectivity index (χ3n) is 4.06. The van der Waals surface area contributed by atoms with Crippen LogP contribution in [0.3, 0.4) is 0 Å². The van der Waals surface area contributed by atoms with Gasteiger partial charge in [-0.15, -0.1) is 0 Å². The molecule has 2 N–H and O–H groups in total. The number of carboxylic acids is 1. The van der Waals surface area contributed by atoms with Gasteiger partial charge in [-0.2, -0.15) is 0 Å². The lowest BCUT2D eigenvalue weighted by Crippen LogP contribution is -2.39. The number of nitrogens with one attached hydrogen (secondary N) is 1. The summed E-state index contributed by atoms with van der Waals surface area (Å²) in [7, 11) is 0. The molecule has 2 rings (SSSR count). The highest BCUT2D eigenvalue weighted by molar-refractivity contribution is 6.30. The van der Waals surface area contributed by atoms with E-state index in [4.69, 9.17) is 16.3 Å². The van der Waals surface area contributed by atoms with E-state index in [1.807, 2.05) is 48.5 Å². The zero-order chi connectivity index (χ0) is 21.6. The van der Waals surface area contributed by atoms with E-state index in [0.29, 0.717) is 11.4 Å². The minimum absolute atomic E-state index is 0.154. The van der Waals surface area contributed by atoms with Gasteiger partial charge in [-0.05, 0) is 62.9 Å². The zero-order valence-corrected chi connectivity index (χ0v) is 17.8. The molecule has 0 aliphatic rings. The maximum atomic E-state index is 12.2. The van der Waals surface area contributed by atoms with Gasteiger partial charge in [-0.3, -0.25) is 0 Å². The van der Waals surface area contributed by atoms with Crippen LogP contribution in [0.2, 0.25) is 5.02 Å². The Hall–Kier alpha value is -2.79. The van der Waals surface area contributed by atoms with Crippen LogP contribution in [-0.4, -0.2) is 28.8 Å². The van der Waals surface area contributed by atoms with E-state index >= 15 is 0 Å². The van der Waals surface area contributed by atoms with Crippen molar-refractivity contribution in [2.45, 2.75) is 45.8 Å². The van der Waals surface area contributed by atoms with Crippen molar-refractivity contribution >= 4 is 23.7 Å². The average molecular weight is 416 g/mol. The Morgan fingerprint density at radius 2 is 1.79 bits per heavy atom. The Morgan fingerprint density at radius 1 is 1.14 bits per heavy atom. The Kier molecular flexibility index (Phi) is 7.46. The smallest absolute Gasteiger partial charge is 0.408 e. The van der Waals surface area contributed by atoms with Crippen LogP contribution < -0.4 is 5.32 Å². The molecule has 0 spiro atoms. The minimum atomic E-state index is -1.03. The number of aliphatic carboxylic acids is 1. The molecule has 1 atom stereocenters. The SMILES string of the molecule is C/C(=C\[C@@H](Cc1ccc(-c2cccc(Cl)c2)cc1)NC(=O)OC(C)(C)C)C(=O)O. The number of carbonyl (C=O) groups excluding carboxylic acids is 1. The largest absolute Gasteiger partial charge is 0.478 e. The van der Waals surface area contributed by atoms with Crippen LogP contribution in [-0.2, 0) is 16.0 Å². The monoisotopic (exact) mass is 415 g/mol. The summed E-state index contributed by atoms with van der Waals surface area (Å²) in [4.78, 5) is 23.4. The van der Waals surface area contributed by atoms with Gasteiger partial charge in [0.25, 0.3) is 0 Å². The number of ether oxygens (including phenoxy) is 1. The van der Waals surface area contributed by atoms with Crippen LogP contribution in [0.5, 0.6) is 0 Å². The highest BCUT2D eigenvalue weighted by Gasteiger charge is 2.19. The third-order valence-corrected chi connectivity index (χ3v) is 4.29. The van der Waals surface area contributed by atoms with Crippen molar-refractivity contribution in [2.24, 2.45) is 0 Å². The van der Waals surface area contributed by atoms with Crippen LogP contribution >= 0.6 is 11.6 Å². The van der Waals surface area contributed by atoms with Crippen molar-refractivity contribution in [1.82, 2.24) is 5.32 Å². The predicted molar refractivity (Wildman–Crippen MR) is 115 cm³/mol. The van der Waals surface area contributed by atoms with E-state index in [1.165, 1.54) is 13.0 Å². The fourth-order valence-corrected chi connectivity index (χ4v) is 2.93. The molecule has 0 aliphatic carbocycles. The maximum absolute atomic E-state index is 12.2. The van der Waals surface area contributed by atoms with Crippen molar-refractivity contribution < 1.29 is 19.4 Å². The van der Waals surface area contributed by atoms with E-state index < -0.39 is 23.7 Å². The standard InChI is InChI=1S/C23H26ClNO4/c1-15(21(26)27)12-20(25-22(28)29-23(2,3)4)13-16-8-10-17(11-9-16)18-6-5-7-19(24)14-18/h5-12,14,20H,13H2,1-4H3,(H,25,28)(H,26,27)/b15-12+/t20-/m0/s1. The molecule has 0 heterocycles. The molecular weight excluding hydrogens is 390 g/mol. The van der Waals surface area contributed by atoms with E-state index in [-0.39, 0.29) is 5.57 Å². The second-order valence-electron chi connectivity index (χ2n) is 7.82. The molecule has 154 valence electrons. The number of carbonyl (C=O) groups is 2. The molecule has 1 amide bonds. The molecular formula is C23H26ClNO4. The lowest BCUT2D eigenvalue weighted by molar-refractivity contribution is -0.132. The number of benzene rings is 2. The van der Waals surface area contributed by atoms with Gasteiger partial charge in [0.1, 0.15) is 5.60 Å². The first-order valence-corrected chi connectivity index (χ1v) is 9.67. The zero-order valence-electron chi connectivity index (χ0n) is 17.0. The highest BCUT2D eigenvalue weighted by Crippen LogP contribution is 2.23. The Balaban J connectivity index is 2.18. The molecule has 0 aliphatic heterocycles. The predicted octanol–water partition coefficient (Wildman–Crippen LogP) is 5.47. The summed E-state index contributed by atoms with van der Waals surface area (Å²) in [5.74, 6) is -1.03. The molecule has 0 radical (unpaired) electrons. The molecule has 5 nitrogen and oxygen atoms in total. The number of alkyl carbamates (subject to hydrolysis) is 1. The average Bonchev–Trinajstić information content (AvgIpc) is 2.60. The minimum Gasteiger partial charge on any atom is -0.478 e. The van der Waals surface area contributed by atoms with E-state index in [9.17, 15) is 14.7 Å². The van der Waals surface area contributed by atoms with Gasteiger partial charge < -0.3 is 15.2 Å². The van der Waals surface area contributed by atoms with Crippen molar-refractivity contribution in [1.29, 1.82) is 0 Å². The molecule has 0 bridgehead atoms. The molecule has 0 saturated heterocycles. The quantitative estimate of drug-likeness (QED) is 0.613. The fraction of sp³-hybridized carbons (Fsp3) is 0.304. The lowest BCUT2D eigenvalue weighted by atomic mass is 9.99. The lowest BCUT2D eigenvalue weighted by Gasteiger charge is -2.22. The van der Waals surface area contributed by atoms with Gasteiger partial charge in [-0.25, -0.2) is 9.59 Å². The first-order chi connectivity index (χ1) is 13.5. The van der Waals surface area contributed by atoms with Gasteiger partial charge in [0, 0.05) is 10.6 Å². The highest BCUT2D eigenvalue weighted by atomic mass is 35.5. The Morgan fingerprint density at radius 3 is 2.34 bits per heavy atom. The van der Waals surface area contributed by atoms with Crippen LogP contribution in [0, 0.1) is 0 Å². The normalized spacial score (nSPS) is 12.9. The first kappa shape index (κ1) is 22.5. The molecule has 0 unspecified atom stereocenters. The second kappa shape index (κ2) is 9.61. The topological polar surface area (TPSA) is 75.6 Å². The number of hydrogen-bond donors (Lipinski definition) is 2. The van der Waals surface area contributed by atoms with E-state index in [2.05, 4.69) is 5.32 Å². The summed E-state index contributed by atoms with van der Waals surface area (Å²) in [5, 5.41) is 12.6. The first-order valence-electron chi connectivity index (χ1n) is 9.29. The summed E-state index contributed by atoms with van der Waals surface area (Å²) in [6.07, 6.45) is 1.36. The van der Waals surface area contributed by atoms with Crippen LogP contribution in [0.15, 0.2) is 60.2 Å². The fourth-order valence-electron chi connectivity index (χ4n) is 2.74. The number of hydrogen-bond acceptors (Lipinski definition) is 3. The van der Waals surface area contributed by atoms with Gasteiger partial charge >= 0.3 is 12.1 Å². The van der Waals surface area contributed by atoms with Gasteiger partial charge in [0.15, 0.2) is 0 Å². The van der Waals surface area contributed by atoms with Crippen molar-refractivity contribution in [3.63, 3.8) is 0 Å². The van der Waals surface area contributed by atoms with E-state index in [1.54, 1.807) is 20.8 Å². The van der Waals surface area contributed by atoms with Crippen molar-refractivity contribution in [3.8, 4) is 11.1 Å². The third kappa shape index (κ3) is 7.62. The number of halogens is 1. The van der Waals surface area contributed by atoms with Gasteiger partial charge in [0.05, 0.1) is 6.04 Å². The Bertz CT molecular complexity index is 898. The summed E-state index contributed by atoms with van der Waals surface area (Å²) in [6, 6.07) is 14.9. The number of carboxylic acid groups (broad SMARTS) is 1. The molecule has 2 aromatic rings. The number of amides is 1. The summed E-state index contributed by atoms with van der Waals surface area (Å²) < 4.78 is 5.30. The summed E-state index contributed by atoms with van der Waals surface area (Å²) in [6.45, 7) is 6.81. The van der Waals surface area contributed by atoms with E-state index in [0.717, 1.165) is 16.7 Å².